The highest BCUT2D eigenvalue weighted by atomic mass is 16.5. The Morgan fingerprint density at radius 2 is 2.24 bits per heavy atom. The smallest absolute Gasteiger partial charge is 0.314 e. The van der Waals surface area contributed by atoms with Gasteiger partial charge in [0.15, 0.2) is 0 Å². The predicted octanol–water partition coefficient (Wildman–Crippen LogP) is 2.49. The molecule has 0 radical (unpaired) electrons. The van der Waals surface area contributed by atoms with E-state index in [1.54, 1.807) is 31.1 Å². The lowest BCUT2D eigenvalue weighted by Gasteiger charge is -2.23. The van der Waals surface area contributed by atoms with Crippen molar-refractivity contribution in [2.45, 2.75) is 31.9 Å². The molecule has 1 aromatic carbocycles. The highest BCUT2D eigenvalue weighted by Gasteiger charge is 2.54. The molecule has 2 aliphatic rings. The molecule has 1 amide bonds. The Morgan fingerprint density at radius 3 is 2.92 bits per heavy atom. The van der Waals surface area contributed by atoms with E-state index in [9.17, 15) is 9.59 Å². The number of esters is 1. The summed E-state index contributed by atoms with van der Waals surface area (Å²) in [5.41, 5.74) is 0.907. The number of benzene rings is 1. The first kappa shape index (κ1) is 17.3. The van der Waals surface area contributed by atoms with Gasteiger partial charge in [-0.2, -0.15) is 0 Å². The van der Waals surface area contributed by atoms with Crippen LogP contribution >= 0.6 is 0 Å². The summed E-state index contributed by atoms with van der Waals surface area (Å²) >= 11 is 0. The average Bonchev–Trinajstić information content (AvgIpc) is 3.16. The van der Waals surface area contributed by atoms with Crippen molar-refractivity contribution in [3.05, 3.63) is 36.4 Å². The van der Waals surface area contributed by atoms with Crippen LogP contribution in [0, 0.1) is 5.92 Å². The molecule has 2 aliphatic heterocycles. The first-order valence-electron chi connectivity index (χ1n) is 8.52. The summed E-state index contributed by atoms with van der Waals surface area (Å²) in [5.74, 6) is 0.516. The average molecular weight is 345 g/mol. The molecule has 2 heterocycles. The number of fused-ring (bicyclic) bond motifs is 3. The number of nitrogens with zero attached hydrogens (tertiary/aromatic N) is 1. The topological polar surface area (TPSA) is 65.1 Å². The molecule has 0 bridgehead atoms. The quantitative estimate of drug-likeness (QED) is 0.585. The third kappa shape index (κ3) is 3.08. The van der Waals surface area contributed by atoms with Crippen molar-refractivity contribution < 1.29 is 23.8 Å². The predicted molar refractivity (Wildman–Crippen MR) is 91.4 cm³/mol. The van der Waals surface area contributed by atoms with E-state index >= 15 is 0 Å². The van der Waals surface area contributed by atoms with Crippen molar-refractivity contribution in [3.63, 3.8) is 0 Å². The summed E-state index contributed by atoms with van der Waals surface area (Å²) in [4.78, 5) is 26.8. The molecule has 0 aromatic heterocycles. The van der Waals surface area contributed by atoms with E-state index in [-0.39, 0.29) is 17.9 Å². The molecule has 25 heavy (non-hydrogen) atoms. The molecule has 0 saturated carbocycles. The van der Waals surface area contributed by atoms with Crippen molar-refractivity contribution in [1.29, 1.82) is 0 Å². The second kappa shape index (κ2) is 7.17. The Hall–Kier alpha value is -2.50. The number of carbonyl (C=O) groups excluding carboxylic acids is 2. The van der Waals surface area contributed by atoms with Crippen LogP contribution in [-0.2, 0) is 14.3 Å². The summed E-state index contributed by atoms with van der Waals surface area (Å²) in [7, 11) is 1.59. The van der Waals surface area contributed by atoms with Gasteiger partial charge in [0.25, 0.3) is 0 Å². The summed E-state index contributed by atoms with van der Waals surface area (Å²) in [6, 6.07) is 5.27. The molecular formula is C19H23NO5. The van der Waals surface area contributed by atoms with Gasteiger partial charge in [-0.1, -0.05) is 6.08 Å². The lowest BCUT2D eigenvalue weighted by atomic mass is 9.98. The lowest BCUT2D eigenvalue weighted by molar-refractivity contribution is -0.149. The van der Waals surface area contributed by atoms with Gasteiger partial charge in [-0.15, -0.1) is 6.58 Å². The molecule has 1 saturated heterocycles. The largest absolute Gasteiger partial charge is 0.497 e. The van der Waals surface area contributed by atoms with Crippen molar-refractivity contribution >= 4 is 11.9 Å². The third-order valence-corrected chi connectivity index (χ3v) is 4.71. The van der Waals surface area contributed by atoms with Crippen LogP contribution in [0.1, 0.15) is 31.4 Å². The number of ether oxygens (including phenoxy) is 3. The van der Waals surface area contributed by atoms with Crippen LogP contribution in [-0.4, -0.2) is 43.1 Å². The van der Waals surface area contributed by atoms with Crippen molar-refractivity contribution in [2.75, 3.05) is 20.3 Å². The van der Waals surface area contributed by atoms with Crippen molar-refractivity contribution in [2.24, 2.45) is 5.92 Å². The molecule has 1 fully saturated rings. The van der Waals surface area contributed by atoms with E-state index < -0.39 is 12.0 Å². The number of amides is 1. The first-order chi connectivity index (χ1) is 12.1. The van der Waals surface area contributed by atoms with Crippen LogP contribution in [0.5, 0.6) is 11.5 Å². The minimum absolute atomic E-state index is 0.00559. The molecule has 6 nitrogen and oxygen atoms in total. The number of likely N-dealkylation sites (tertiary alicyclic amines) is 1. The second-order valence-corrected chi connectivity index (χ2v) is 6.16. The fraction of sp³-hybridized carbons (Fsp3) is 0.474. The van der Waals surface area contributed by atoms with Gasteiger partial charge in [-0.25, -0.2) is 0 Å². The van der Waals surface area contributed by atoms with E-state index in [2.05, 4.69) is 6.58 Å². The van der Waals surface area contributed by atoms with Gasteiger partial charge in [0.2, 0.25) is 5.91 Å². The zero-order valence-corrected chi connectivity index (χ0v) is 14.6. The van der Waals surface area contributed by atoms with Gasteiger partial charge >= 0.3 is 5.97 Å². The molecule has 6 heteroatoms. The fourth-order valence-electron chi connectivity index (χ4n) is 3.54. The van der Waals surface area contributed by atoms with Gasteiger partial charge in [-0.05, 0) is 25.5 Å². The van der Waals surface area contributed by atoms with E-state index in [1.165, 1.54) is 0 Å². The molecule has 0 spiro atoms. The summed E-state index contributed by atoms with van der Waals surface area (Å²) < 4.78 is 16.5. The molecule has 0 aliphatic carbocycles. The van der Waals surface area contributed by atoms with E-state index in [0.29, 0.717) is 37.5 Å². The Morgan fingerprint density at radius 1 is 1.44 bits per heavy atom. The van der Waals surface area contributed by atoms with Crippen LogP contribution < -0.4 is 9.47 Å². The molecule has 3 rings (SSSR count). The normalized spacial score (nSPS) is 23.4. The second-order valence-electron chi connectivity index (χ2n) is 6.16. The zero-order valence-electron chi connectivity index (χ0n) is 14.6. The van der Waals surface area contributed by atoms with Crippen LogP contribution in [0.15, 0.2) is 30.9 Å². The molecular weight excluding hydrogens is 322 g/mol. The Bertz CT molecular complexity index is 686. The van der Waals surface area contributed by atoms with Gasteiger partial charge in [0.1, 0.15) is 23.5 Å². The third-order valence-electron chi connectivity index (χ3n) is 4.71. The molecule has 1 aromatic rings. The maximum Gasteiger partial charge on any atom is 0.314 e. The molecule has 3 atom stereocenters. The zero-order chi connectivity index (χ0) is 18.0. The van der Waals surface area contributed by atoms with Crippen LogP contribution in [0.3, 0.4) is 0 Å². The summed E-state index contributed by atoms with van der Waals surface area (Å²) in [5, 5.41) is 0. The highest BCUT2D eigenvalue weighted by molar-refractivity contribution is 5.81. The fourth-order valence-corrected chi connectivity index (χ4v) is 3.54. The summed E-state index contributed by atoms with van der Waals surface area (Å²) in [6.45, 7) is 6.05. The number of rotatable bonds is 6. The molecule has 0 N–H and O–H groups in total. The van der Waals surface area contributed by atoms with Gasteiger partial charge in [0.05, 0.1) is 19.8 Å². The van der Waals surface area contributed by atoms with Gasteiger partial charge in [-0.3, -0.25) is 9.59 Å². The number of allylic oxidation sites excluding steroid dienone is 1. The van der Waals surface area contributed by atoms with Gasteiger partial charge in [0, 0.05) is 24.6 Å². The highest BCUT2D eigenvalue weighted by Crippen LogP contribution is 2.49. The van der Waals surface area contributed by atoms with Crippen LogP contribution in [0.2, 0.25) is 0 Å². The molecule has 0 unspecified atom stereocenters. The lowest BCUT2D eigenvalue weighted by Crippen LogP contribution is -2.31. The van der Waals surface area contributed by atoms with Crippen molar-refractivity contribution in [1.82, 2.24) is 4.90 Å². The first-order valence-corrected chi connectivity index (χ1v) is 8.52. The minimum Gasteiger partial charge on any atom is -0.497 e. The Balaban J connectivity index is 1.92. The van der Waals surface area contributed by atoms with E-state index in [4.69, 9.17) is 14.2 Å². The number of hydrogen-bond acceptors (Lipinski definition) is 5. The van der Waals surface area contributed by atoms with E-state index in [1.807, 2.05) is 12.1 Å². The van der Waals surface area contributed by atoms with E-state index in [0.717, 1.165) is 5.56 Å². The van der Waals surface area contributed by atoms with Crippen molar-refractivity contribution in [3.8, 4) is 11.5 Å². The van der Waals surface area contributed by atoms with Crippen LogP contribution in [0.4, 0.5) is 0 Å². The number of carbonyl (C=O) groups is 2. The standard InChI is InChI=1S/C19H23NO5/c1-4-6-7-16(21)20-11-14(19(22)24-5-2)18-17(20)13-9-8-12(23-3)10-15(13)25-18/h4,8-10,14,17-18H,1,5-7,11H2,2-3H3/t14-,17+,18+/m1/s1. The maximum atomic E-state index is 12.7. The summed E-state index contributed by atoms with van der Waals surface area (Å²) in [6.07, 6.45) is 2.27. The maximum absolute atomic E-state index is 12.7. The Labute approximate surface area is 147 Å². The Kier molecular flexibility index (Phi) is 4.97. The molecule has 134 valence electrons. The SMILES string of the molecule is C=CCCC(=O)N1C[C@@H](C(=O)OCC)[C@@H]2Oc3cc(OC)ccc3[C@@H]21. The van der Waals surface area contributed by atoms with Gasteiger partial charge < -0.3 is 19.1 Å². The number of methoxy groups -OCH3 is 1. The minimum atomic E-state index is -0.490. The van der Waals surface area contributed by atoms with Crippen LogP contribution in [0.25, 0.3) is 0 Å². The number of hydrogen-bond donors (Lipinski definition) is 0. The monoisotopic (exact) mass is 345 g/mol.